The Kier molecular flexibility index (Phi) is 9.84. The number of aliphatic hydroxyl groups excluding tert-OH is 2. The number of rotatable bonds is 14. The lowest BCUT2D eigenvalue weighted by Gasteiger charge is -2.26. The molecule has 0 amide bonds. The zero-order valence-corrected chi connectivity index (χ0v) is 22.4. The highest BCUT2D eigenvalue weighted by Crippen LogP contribution is 2.33. The van der Waals surface area contributed by atoms with E-state index in [4.69, 9.17) is 18.9 Å². The average Bonchev–Trinajstić information content (AvgIpc) is 2.98. The van der Waals surface area contributed by atoms with E-state index < -0.39 is 12.2 Å². The van der Waals surface area contributed by atoms with Gasteiger partial charge in [-0.15, -0.1) is 0 Å². The van der Waals surface area contributed by atoms with E-state index in [1.165, 1.54) is 0 Å². The van der Waals surface area contributed by atoms with E-state index in [1.54, 1.807) is 0 Å². The fraction of sp³-hybridized carbons (Fsp3) is 0.273. The topological polar surface area (TPSA) is 77.4 Å². The maximum atomic E-state index is 10.2. The second kappa shape index (κ2) is 13.7. The van der Waals surface area contributed by atoms with Crippen molar-refractivity contribution in [2.45, 2.75) is 31.5 Å². The molecule has 4 aromatic carbocycles. The van der Waals surface area contributed by atoms with Crippen molar-refractivity contribution in [3.05, 3.63) is 120 Å². The molecule has 0 aliphatic heterocycles. The number of hydrogen-bond acceptors (Lipinski definition) is 6. The van der Waals surface area contributed by atoms with Gasteiger partial charge in [-0.2, -0.15) is 0 Å². The number of benzene rings is 4. The number of ether oxygens (including phenoxy) is 4. The maximum absolute atomic E-state index is 10.2. The summed E-state index contributed by atoms with van der Waals surface area (Å²) in [5.41, 5.74) is 2.01. The highest BCUT2D eigenvalue weighted by atomic mass is 16.5. The molecule has 0 spiro atoms. The van der Waals surface area contributed by atoms with Crippen LogP contribution >= 0.6 is 0 Å². The second-order valence-corrected chi connectivity index (χ2v) is 9.85. The van der Waals surface area contributed by atoms with Crippen LogP contribution in [0.15, 0.2) is 109 Å². The van der Waals surface area contributed by atoms with E-state index in [9.17, 15) is 10.2 Å². The van der Waals surface area contributed by atoms with Gasteiger partial charge in [0.15, 0.2) is 0 Å². The van der Waals surface area contributed by atoms with Gasteiger partial charge in [0.1, 0.15) is 61.6 Å². The summed E-state index contributed by atoms with van der Waals surface area (Å²) < 4.78 is 22.7. The summed E-state index contributed by atoms with van der Waals surface area (Å²) in [5.74, 6) is 2.81. The van der Waals surface area contributed by atoms with Crippen molar-refractivity contribution >= 4 is 0 Å². The third-order valence-corrected chi connectivity index (χ3v) is 6.41. The lowest BCUT2D eigenvalue weighted by atomic mass is 9.78. The Morgan fingerprint density at radius 3 is 1.05 bits per heavy atom. The van der Waals surface area contributed by atoms with Crippen LogP contribution in [0.3, 0.4) is 0 Å². The number of aliphatic hydroxyl groups is 2. The molecule has 0 saturated heterocycles. The quantitative estimate of drug-likeness (QED) is 0.220. The van der Waals surface area contributed by atoms with Crippen LogP contribution in [0.2, 0.25) is 0 Å². The maximum Gasteiger partial charge on any atom is 0.122 e. The average molecular weight is 529 g/mol. The van der Waals surface area contributed by atoms with E-state index in [-0.39, 0.29) is 31.8 Å². The molecule has 4 rings (SSSR count). The fourth-order valence-corrected chi connectivity index (χ4v) is 4.00. The summed E-state index contributed by atoms with van der Waals surface area (Å²) in [6, 6.07) is 34.6. The Morgan fingerprint density at radius 1 is 0.462 bits per heavy atom. The highest BCUT2D eigenvalue weighted by Gasteiger charge is 2.23. The first-order valence-electron chi connectivity index (χ1n) is 13.1. The first-order valence-corrected chi connectivity index (χ1v) is 13.1. The Labute approximate surface area is 230 Å². The van der Waals surface area contributed by atoms with Crippen molar-refractivity contribution in [2.75, 3.05) is 26.4 Å². The molecule has 6 nitrogen and oxygen atoms in total. The zero-order chi connectivity index (χ0) is 27.5. The summed E-state index contributed by atoms with van der Waals surface area (Å²) in [7, 11) is 0. The van der Waals surface area contributed by atoms with Crippen LogP contribution in [0.5, 0.6) is 23.0 Å². The summed E-state index contributed by atoms with van der Waals surface area (Å²) in [5, 5.41) is 20.4. The van der Waals surface area contributed by atoms with Crippen LogP contribution in [0.25, 0.3) is 0 Å². The van der Waals surface area contributed by atoms with Crippen molar-refractivity contribution in [2.24, 2.45) is 0 Å². The lowest BCUT2D eigenvalue weighted by Crippen LogP contribution is -2.25. The summed E-state index contributed by atoms with van der Waals surface area (Å²) >= 11 is 0. The first-order chi connectivity index (χ1) is 18.9. The molecule has 0 saturated carbocycles. The molecule has 39 heavy (non-hydrogen) atoms. The van der Waals surface area contributed by atoms with Crippen LogP contribution in [0, 0.1) is 0 Å². The summed E-state index contributed by atoms with van der Waals surface area (Å²) in [6.07, 6.45) is -1.47. The third-order valence-electron chi connectivity index (χ3n) is 6.41. The van der Waals surface area contributed by atoms with Gasteiger partial charge in [-0.1, -0.05) is 74.5 Å². The SMILES string of the molecule is CC(C)(c1ccc(OC[C@@H](O)COc2ccccc2)cc1)c1ccc(OC[C@@H](O)COc2ccccc2)cc1. The van der Waals surface area contributed by atoms with E-state index in [0.717, 1.165) is 11.1 Å². The third kappa shape index (κ3) is 8.50. The monoisotopic (exact) mass is 528 g/mol. The van der Waals surface area contributed by atoms with Crippen LogP contribution in [-0.2, 0) is 5.41 Å². The minimum Gasteiger partial charge on any atom is -0.491 e. The van der Waals surface area contributed by atoms with Crippen LogP contribution in [0.4, 0.5) is 0 Å². The minimum absolute atomic E-state index is 0.143. The molecule has 0 fully saturated rings. The first kappa shape index (κ1) is 28.0. The molecule has 2 N–H and O–H groups in total. The number of hydrogen-bond donors (Lipinski definition) is 2. The zero-order valence-electron chi connectivity index (χ0n) is 22.4. The Morgan fingerprint density at radius 2 is 0.744 bits per heavy atom. The Hall–Kier alpha value is -4.00. The summed E-state index contributed by atoms with van der Waals surface area (Å²) in [4.78, 5) is 0. The standard InChI is InChI=1S/C33H36O6/c1-33(2,25-13-17-31(18-14-25)38-23-27(34)21-36-29-9-5-3-6-10-29)26-15-19-32(20-16-26)39-24-28(35)22-37-30-11-7-4-8-12-30/h3-20,27-28,34-35H,21-24H2,1-2H3/t27-,28-/m0/s1. The van der Waals surface area contributed by atoms with E-state index in [2.05, 4.69) is 13.8 Å². The van der Waals surface area contributed by atoms with Crippen molar-refractivity contribution in [1.29, 1.82) is 0 Å². The molecule has 0 bridgehead atoms. The predicted molar refractivity (Wildman–Crippen MR) is 152 cm³/mol. The molecule has 0 heterocycles. The van der Waals surface area contributed by atoms with Gasteiger partial charge in [-0.25, -0.2) is 0 Å². The fourth-order valence-electron chi connectivity index (χ4n) is 4.00. The van der Waals surface area contributed by atoms with E-state index in [0.29, 0.717) is 23.0 Å². The normalized spacial score (nSPS) is 12.8. The Balaban J connectivity index is 1.23. The lowest BCUT2D eigenvalue weighted by molar-refractivity contribution is 0.0626. The Bertz CT molecular complexity index is 1140. The van der Waals surface area contributed by atoms with Crippen molar-refractivity contribution in [3.63, 3.8) is 0 Å². The van der Waals surface area contributed by atoms with Crippen LogP contribution in [0.1, 0.15) is 25.0 Å². The van der Waals surface area contributed by atoms with Gasteiger partial charge in [-0.3, -0.25) is 0 Å². The van der Waals surface area contributed by atoms with Gasteiger partial charge in [0.2, 0.25) is 0 Å². The van der Waals surface area contributed by atoms with Gasteiger partial charge in [0, 0.05) is 5.41 Å². The van der Waals surface area contributed by atoms with Gasteiger partial charge in [0.25, 0.3) is 0 Å². The van der Waals surface area contributed by atoms with E-state index in [1.807, 2.05) is 109 Å². The van der Waals surface area contributed by atoms with Gasteiger partial charge in [-0.05, 0) is 59.7 Å². The van der Waals surface area contributed by atoms with Crippen molar-refractivity contribution in [3.8, 4) is 23.0 Å². The molecule has 204 valence electrons. The predicted octanol–water partition coefficient (Wildman–Crippen LogP) is 5.65. The second-order valence-electron chi connectivity index (χ2n) is 9.85. The molecule has 0 radical (unpaired) electrons. The van der Waals surface area contributed by atoms with Crippen LogP contribution < -0.4 is 18.9 Å². The van der Waals surface area contributed by atoms with Gasteiger partial charge < -0.3 is 29.2 Å². The molecule has 2 atom stereocenters. The van der Waals surface area contributed by atoms with Crippen LogP contribution in [-0.4, -0.2) is 48.8 Å². The van der Waals surface area contributed by atoms with Crippen molar-refractivity contribution < 1.29 is 29.2 Å². The largest absolute Gasteiger partial charge is 0.491 e. The van der Waals surface area contributed by atoms with E-state index >= 15 is 0 Å². The molecular formula is C33H36O6. The molecule has 0 unspecified atom stereocenters. The van der Waals surface area contributed by atoms with Gasteiger partial charge >= 0.3 is 0 Å². The molecule has 0 aliphatic carbocycles. The minimum atomic E-state index is -0.737. The molecule has 4 aromatic rings. The smallest absolute Gasteiger partial charge is 0.122 e. The van der Waals surface area contributed by atoms with Crippen molar-refractivity contribution in [1.82, 2.24) is 0 Å². The summed E-state index contributed by atoms with van der Waals surface area (Å²) in [6.45, 7) is 4.93. The molecular weight excluding hydrogens is 492 g/mol. The molecule has 0 aromatic heterocycles. The number of para-hydroxylation sites is 2. The molecule has 6 heteroatoms. The molecule has 0 aliphatic rings. The highest BCUT2D eigenvalue weighted by molar-refractivity contribution is 5.42. The van der Waals surface area contributed by atoms with Gasteiger partial charge in [0.05, 0.1) is 0 Å².